The highest BCUT2D eigenvalue weighted by Gasteiger charge is 2.32. The summed E-state index contributed by atoms with van der Waals surface area (Å²) in [5, 5.41) is 10.2. The van der Waals surface area contributed by atoms with Crippen LogP contribution >= 0.6 is 11.8 Å². The minimum Gasteiger partial charge on any atom is -0.325 e. The van der Waals surface area contributed by atoms with Crippen LogP contribution in [0.4, 0.5) is 11.4 Å². The molecule has 5 rings (SSSR count). The number of carbonyl (C=O) groups is 1. The Hall–Kier alpha value is -2.60. The van der Waals surface area contributed by atoms with Crippen molar-refractivity contribution in [2.24, 2.45) is 10.1 Å². The van der Waals surface area contributed by atoms with Gasteiger partial charge in [-0.1, -0.05) is 36.0 Å². The van der Waals surface area contributed by atoms with Gasteiger partial charge in [0.15, 0.2) is 5.17 Å². The molecule has 6 heteroatoms. The molecule has 0 aromatic heterocycles. The van der Waals surface area contributed by atoms with Gasteiger partial charge in [0, 0.05) is 23.9 Å². The summed E-state index contributed by atoms with van der Waals surface area (Å²) in [6.45, 7) is 0. The summed E-state index contributed by atoms with van der Waals surface area (Å²) in [6.07, 6.45) is 6.27. The molecule has 0 unspecified atom stereocenters. The molecular formula is C21H20N4OS. The highest BCUT2D eigenvalue weighted by molar-refractivity contribution is 8.14. The monoisotopic (exact) mass is 376 g/mol. The maximum Gasteiger partial charge on any atom is 0.234 e. The summed E-state index contributed by atoms with van der Waals surface area (Å²) in [7, 11) is 0. The number of carbonyl (C=O) groups excluding carboxylic acids is 1. The van der Waals surface area contributed by atoms with Crippen molar-refractivity contribution in [3.8, 4) is 0 Å². The first-order valence-electron chi connectivity index (χ1n) is 9.32. The van der Waals surface area contributed by atoms with Gasteiger partial charge in [-0.25, -0.2) is 10.0 Å². The topological polar surface area (TPSA) is 57.1 Å². The first-order valence-corrected chi connectivity index (χ1v) is 10.3. The molecule has 0 saturated carbocycles. The molecule has 5 nitrogen and oxygen atoms in total. The Morgan fingerprint density at radius 2 is 2.07 bits per heavy atom. The number of amides is 1. The van der Waals surface area contributed by atoms with Crippen molar-refractivity contribution in [2.45, 2.75) is 31.7 Å². The summed E-state index contributed by atoms with van der Waals surface area (Å²) >= 11 is 1.44. The predicted octanol–water partition coefficient (Wildman–Crippen LogP) is 4.28. The molecule has 0 radical (unpaired) electrons. The third-order valence-corrected chi connectivity index (χ3v) is 6.20. The Morgan fingerprint density at radius 1 is 1.19 bits per heavy atom. The second-order valence-corrected chi connectivity index (χ2v) is 7.96. The summed E-state index contributed by atoms with van der Waals surface area (Å²) in [5.74, 6) is 0.302. The van der Waals surface area contributed by atoms with Crippen LogP contribution in [0.2, 0.25) is 0 Å². The van der Waals surface area contributed by atoms with Gasteiger partial charge in [0.1, 0.15) is 0 Å². The van der Waals surface area contributed by atoms with E-state index >= 15 is 0 Å². The number of aliphatic imine (C=N–C) groups is 1. The number of para-hydroxylation sites is 1. The summed E-state index contributed by atoms with van der Waals surface area (Å²) in [5.41, 5.74) is 5.83. The third kappa shape index (κ3) is 3.14. The zero-order chi connectivity index (χ0) is 18.2. The third-order valence-electron chi connectivity index (χ3n) is 5.25. The molecule has 2 aromatic rings. The maximum atomic E-state index is 12.4. The molecule has 1 N–H and O–H groups in total. The molecule has 0 saturated heterocycles. The van der Waals surface area contributed by atoms with E-state index in [1.807, 2.05) is 35.5 Å². The van der Waals surface area contributed by atoms with Crippen LogP contribution in [-0.2, 0) is 17.6 Å². The van der Waals surface area contributed by atoms with E-state index < -0.39 is 0 Å². The lowest BCUT2D eigenvalue weighted by molar-refractivity contribution is -0.113. The van der Waals surface area contributed by atoms with Crippen molar-refractivity contribution in [2.75, 3.05) is 11.1 Å². The summed E-state index contributed by atoms with van der Waals surface area (Å²) < 4.78 is 0. The van der Waals surface area contributed by atoms with E-state index in [0.717, 1.165) is 35.8 Å². The fourth-order valence-corrected chi connectivity index (χ4v) is 4.76. The number of hydrogen-bond donors (Lipinski definition) is 1. The van der Waals surface area contributed by atoms with Gasteiger partial charge in [0.25, 0.3) is 0 Å². The maximum absolute atomic E-state index is 12.4. The van der Waals surface area contributed by atoms with Gasteiger partial charge in [-0.3, -0.25) is 4.79 Å². The van der Waals surface area contributed by atoms with Crippen molar-refractivity contribution >= 4 is 40.4 Å². The smallest absolute Gasteiger partial charge is 0.234 e. The van der Waals surface area contributed by atoms with Crippen LogP contribution in [0.15, 0.2) is 52.6 Å². The quantitative estimate of drug-likeness (QED) is 0.870. The van der Waals surface area contributed by atoms with E-state index in [4.69, 9.17) is 4.99 Å². The van der Waals surface area contributed by atoms with Crippen molar-refractivity contribution in [1.29, 1.82) is 0 Å². The van der Waals surface area contributed by atoms with E-state index in [0.29, 0.717) is 5.75 Å². The molecule has 1 atom stereocenters. The first-order chi connectivity index (χ1) is 13.3. The average Bonchev–Trinajstić information content (AvgIpc) is 3.35. The molecule has 136 valence electrons. The molecule has 2 aromatic carbocycles. The molecule has 2 aliphatic heterocycles. The van der Waals surface area contributed by atoms with Crippen LogP contribution in [0, 0.1) is 0 Å². The number of thioether (sulfide) groups is 1. The van der Waals surface area contributed by atoms with Crippen LogP contribution in [0.3, 0.4) is 0 Å². The number of amidine groups is 1. The van der Waals surface area contributed by atoms with E-state index in [2.05, 4.69) is 28.6 Å². The minimum absolute atomic E-state index is 0.0146. The highest BCUT2D eigenvalue weighted by atomic mass is 32.2. The largest absolute Gasteiger partial charge is 0.325 e. The lowest BCUT2D eigenvalue weighted by Gasteiger charge is -2.29. The number of hydrogen-bond acceptors (Lipinski definition) is 5. The second-order valence-electron chi connectivity index (χ2n) is 7.02. The summed E-state index contributed by atoms with van der Waals surface area (Å²) in [6, 6.07) is 14.6. The van der Waals surface area contributed by atoms with Gasteiger partial charge in [-0.15, -0.1) is 0 Å². The van der Waals surface area contributed by atoms with Gasteiger partial charge in [-0.05, 0) is 48.6 Å². The van der Waals surface area contributed by atoms with Crippen LogP contribution in [0.1, 0.15) is 35.6 Å². The number of nitrogens with zero attached hydrogens (tertiary/aromatic N) is 3. The Bertz CT molecular complexity index is 968. The zero-order valence-corrected chi connectivity index (χ0v) is 15.7. The Balaban J connectivity index is 1.27. The van der Waals surface area contributed by atoms with Gasteiger partial charge in [0.05, 0.1) is 17.5 Å². The summed E-state index contributed by atoms with van der Waals surface area (Å²) in [4.78, 5) is 17.2. The van der Waals surface area contributed by atoms with E-state index in [-0.39, 0.29) is 11.9 Å². The van der Waals surface area contributed by atoms with Gasteiger partial charge < -0.3 is 5.32 Å². The Kier molecular flexibility index (Phi) is 4.20. The van der Waals surface area contributed by atoms with Gasteiger partial charge in [-0.2, -0.15) is 5.10 Å². The number of hydrazone groups is 1. The molecule has 27 heavy (non-hydrogen) atoms. The van der Waals surface area contributed by atoms with Crippen LogP contribution in [0.25, 0.3) is 0 Å². The standard InChI is InChI=1S/C21H20N4OS/c26-20(23-16-9-8-14-4-3-5-15(14)12-16)13-27-21-24-18-7-2-1-6-17(18)19-10-11-22-25(19)21/h1-2,6-9,11-12,19H,3-5,10,13H2,(H,23,26)/t19-/m0/s1. The number of anilines is 1. The molecule has 0 fully saturated rings. The second kappa shape index (κ2) is 6.85. The predicted molar refractivity (Wildman–Crippen MR) is 111 cm³/mol. The normalized spacial score (nSPS) is 19.3. The number of aryl methyl sites for hydroxylation is 2. The minimum atomic E-state index is -0.0146. The fraction of sp³-hybridized carbons (Fsp3) is 0.286. The van der Waals surface area contributed by atoms with E-state index in [1.54, 1.807) is 0 Å². The van der Waals surface area contributed by atoms with Gasteiger partial charge >= 0.3 is 0 Å². The van der Waals surface area contributed by atoms with E-state index in [1.165, 1.54) is 34.9 Å². The van der Waals surface area contributed by atoms with Crippen LogP contribution in [-0.4, -0.2) is 28.1 Å². The zero-order valence-electron chi connectivity index (χ0n) is 14.9. The fourth-order valence-electron chi connectivity index (χ4n) is 3.96. The van der Waals surface area contributed by atoms with Crippen molar-refractivity contribution in [1.82, 2.24) is 5.01 Å². The number of nitrogens with one attached hydrogen (secondary N) is 1. The van der Waals surface area contributed by atoms with Crippen LogP contribution in [0.5, 0.6) is 0 Å². The van der Waals surface area contributed by atoms with Crippen LogP contribution < -0.4 is 5.32 Å². The molecule has 0 bridgehead atoms. The van der Waals surface area contributed by atoms with E-state index in [9.17, 15) is 4.79 Å². The lowest BCUT2D eigenvalue weighted by Crippen LogP contribution is -2.29. The Labute approximate surface area is 162 Å². The number of fused-ring (bicyclic) bond motifs is 4. The highest BCUT2D eigenvalue weighted by Crippen LogP contribution is 2.40. The average molecular weight is 376 g/mol. The lowest BCUT2D eigenvalue weighted by atomic mass is 10.0. The molecular weight excluding hydrogens is 356 g/mol. The number of rotatable bonds is 3. The first kappa shape index (κ1) is 16.6. The van der Waals surface area contributed by atoms with Crippen molar-refractivity contribution < 1.29 is 4.79 Å². The van der Waals surface area contributed by atoms with Crippen molar-refractivity contribution in [3.63, 3.8) is 0 Å². The molecule has 1 aliphatic carbocycles. The SMILES string of the molecule is O=C(CSC1=Nc2ccccc2[C@@H]2CC=NN12)Nc1ccc2c(c1)CCC2. The molecule has 0 spiro atoms. The van der Waals surface area contributed by atoms with Gasteiger partial charge in [0.2, 0.25) is 5.91 Å². The Morgan fingerprint density at radius 3 is 3.04 bits per heavy atom. The van der Waals surface area contributed by atoms with Crippen molar-refractivity contribution in [3.05, 3.63) is 59.2 Å². The molecule has 1 amide bonds. The number of benzene rings is 2. The molecule has 3 aliphatic rings. The molecule has 2 heterocycles.